The van der Waals surface area contributed by atoms with Crippen LogP contribution < -0.4 is 0 Å². The minimum atomic E-state index is -0.499. The van der Waals surface area contributed by atoms with E-state index in [9.17, 15) is 9.59 Å². The molecular weight excluding hydrogens is 246 g/mol. The van der Waals surface area contributed by atoms with E-state index in [1.54, 1.807) is 4.90 Å². The maximum Gasteiger partial charge on any atom is 0.410 e. The fourth-order valence-electron chi connectivity index (χ4n) is 2.75. The Morgan fingerprint density at radius 2 is 2.00 bits per heavy atom. The molecule has 0 radical (unpaired) electrons. The molecule has 2 unspecified atom stereocenters. The first kappa shape index (κ1) is 14.2. The quantitative estimate of drug-likeness (QED) is 0.633. The lowest BCUT2D eigenvalue weighted by Gasteiger charge is -2.45. The standard InChI is InChI=1S/C14H23NO4/c1-12(2,3)19-11(17)15-7-6-14(5)10(16)18-9-13(14,4)8-15/h6-9H2,1-5H3. The Kier molecular flexibility index (Phi) is 3.07. The van der Waals surface area contributed by atoms with Crippen LogP contribution in [-0.2, 0) is 14.3 Å². The number of ether oxygens (including phenoxy) is 2. The molecule has 0 spiro atoms. The van der Waals surface area contributed by atoms with E-state index >= 15 is 0 Å². The SMILES string of the molecule is CC(C)(C)OC(=O)N1CCC2(C)C(=O)OCC2(C)C1. The Balaban J connectivity index is 2.11. The molecule has 2 heterocycles. The van der Waals surface area contributed by atoms with Gasteiger partial charge in [-0.3, -0.25) is 4.79 Å². The summed E-state index contributed by atoms with van der Waals surface area (Å²) in [5, 5.41) is 0. The number of esters is 1. The van der Waals surface area contributed by atoms with Crippen molar-refractivity contribution in [2.75, 3.05) is 19.7 Å². The van der Waals surface area contributed by atoms with Crippen LogP contribution in [-0.4, -0.2) is 42.3 Å². The van der Waals surface area contributed by atoms with Crippen LogP contribution in [0.25, 0.3) is 0 Å². The van der Waals surface area contributed by atoms with Crippen molar-refractivity contribution in [3.63, 3.8) is 0 Å². The molecule has 0 N–H and O–H groups in total. The highest BCUT2D eigenvalue weighted by atomic mass is 16.6. The molecule has 108 valence electrons. The predicted molar refractivity (Wildman–Crippen MR) is 69.6 cm³/mol. The summed E-state index contributed by atoms with van der Waals surface area (Å²) in [6.07, 6.45) is 0.316. The van der Waals surface area contributed by atoms with Crippen molar-refractivity contribution in [2.24, 2.45) is 10.8 Å². The van der Waals surface area contributed by atoms with Crippen LogP contribution in [0.5, 0.6) is 0 Å². The van der Waals surface area contributed by atoms with E-state index in [0.29, 0.717) is 26.1 Å². The normalized spacial score (nSPS) is 34.8. The van der Waals surface area contributed by atoms with E-state index in [-0.39, 0.29) is 17.5 Å². The van der Waals surface area contributed by atoms with Gasteiger partial charge in [0.1, 0.15) is 5.60 Å². The molecule has 5 heteroatoms. The van der Waals surface area contributed by atoms with Gasteiger partial charge in [-0.25, -0.2) is 4.79 Å². The van der Waals surface area contributed by atoms with Crippen molar-refractivity contribution < 1.29 is 19.1 Å². The first-order chi connectivity index (χ1) is 8.57. The number of hydrogen-bond donors (Lipinski definition) is 0. The Morgan fingerprint density at radius 1 is 1.37 bits per heavy atom. The zero-order valence-electron chi connectivity index (χ0n) is 12.4. The van der Waals surface area contributed by atoms with E-state index in [0.717, 1.165) is 0 Å². The smallest absolute Gasteiger partial charge is 0.410 e. The van der Waals surface area contributed by atoms with Gasteiger partial charge in [0.15, 0.2) is 0 Å². The van der Waals surface area contributed by atoms with Crippen molar-refractivity contribution in [3.8, 4) is 0 Å². The summed E-state index contributed by atoms with van der Waals surface area (Å²) in [6.45, 7) is 10.9. The second-order valence-electron chi connectivity index (χ2n) is 7.12. The van der Waals surface area contributed by atoms with Crippen molar-refractivity contribution in [2.45, 2.75) is 46.6 Å². The second kappa shape index (κ2) is 4.12. The summed E-state index contributed by atoms with van der Waals surface area (Å²) >= 11 is 0. The second-order valence-corrected chi connectivity index (χ2v) is 7.12. The van der Waals surface area contributed by atoms with Gasteiger partial charge in [-0.15, -0.1) is 0 Å². The lowest BCUT2D eigenvalue weighted by Crippen LogP contribution is -2.55. The number of cyclic esters (lactones) is 1. The van der Waals surface area contributed by atoms with E-state index in [1.165, 1.54) is 0 Å². The van der Waals surface area contributed by atoms with Gasteiger partial charge in [-0.1, -0.05) is 6.92 Å². The number of fused-ring (bicyclic) bond motifs is 1. The van der Waals surface area contributed by atoms with Gasteiger partial charge in [0.25, 0.3) is 0 Å². The molecule has 19 heavy (non-hydrogen) atoms. The minimum absolute atomic E-state index is 0.140. The van der Waals surface area contributed by atoms with E-state index in [2.05, 4.69) is 0 Å². The number of amides is 1. The topological polar surface area (TPSA) is 55.8 Å². The Labute approximate surface area is 114 Å². The van der Waals surface area contributed by atoms with Gasteiger partial charge < -0.3 is 14.4 Å². The predicted octanol–water partition coefficient (Wildman–Crippen LogP) is 2.20. The fraction of sp³-hybridized carbons (Fsp3) is 0.857. The highest BCUT2D eigenvalue weighted by Crippen LogP contribution is 2.51. The molecule has 2 saturated heterocycles. The molecule has 5 nitrogen and oxygen atoms in total. The number of likely N-dealkylation sites (tertiary alicyclic amines) is 1. The third kappa shape index (κ3) is 2.30. The van der Waals surface area contributed by atoms with Gasteiger partial charge >= 0.3 is 12.1 Å². The molecule has 0 bridgehead atoms. The maximum atomic E-state index is 12.1. The molecule has 0 saturated carbocycles. The molecular formula is C14H23NO4. The van der Waals surface area contributed by atoms with Gasteiger partial charge in [0.2, 0.25) is 0 Å². The van der Waals surface area contributed by atoms with Crippen molar-refractivity contribution in [3.05, 3.63) is 0 Å². The minimum Gasteiger partial charge on any atom is -0.465 e. The molecule has 2 atom stereocenters. The summed E-state index contributed by atoms with van der Waals surface area (Å²) in [6, 6.07) is 0. The van der Waals surface area contributed by atoms with E-state index in [4.69, 9.17) is 9.47 Å². The molecule has 2 aliphatic heterocycles. The Bertz CT molecular complexity index is 414. The molecule has 0 aromatic carbocycles. The number of nitrogens with zero attached hydrogens (tertiary/aromatic N) is 1. The summed E-state index contributed by atoms with van der Waals surface area (Å²) in [5.41, 5.74) is -1.30. The van der Waals surface area contributed by atoms with Crippen LogP contribution in [0.1, 0.15) is 41.0 Å². The van der Waals surface area contributed by atoms with E-state index < -0.39 is 11.0 Å². The molecule has 2 aliphatic rings. The zero-order chi connectivity index (χ0) is 14.5. The highest BCUT2D eigenvalue weighted by Gasteiger charge is 2.60. The summed E-state index contributed by atoms with van der Waals surface area (Å²) < 4.78 is 10.6. The summed E-state index contributed by atoms with van der Waals surface area (Å²) in [7, 11) is 0. The average molecular weight is 269 g/mol. The third-order valence-corrected chi connectivity index (χ3v) is 4.38. The van der Waals surface area contributed by atoms with Gasteiger partial charge in [0.05, 0.1) is 12.0 Å². The van der Waals surface area contributed by atoms with Gasteiger partial charge in [-0.2, -0.15) is 0 Å². The third-order valence-electron chi connectivity index (χ3n) is 4.38. The number of carbonyl (C=O) groups excluding carboxylic acids is 2. The van der Waals surface area contributed by atoms with Gasteiger partial charge in [0, 0.05) is 18.5 Å². The fourth-order valence-corrected chi connectivity index (χ4v) is 2.75. The van der Waals surface area contributed by atoms with Crippen LogP contribution >= 0.6 is 0 Å². The van der Waals surface area contributed by atoms with Crippen molar-refractivity contribution >= 4 is 12.1 Å². The van der Waals surface area contributed by atoms with Crippen molar-refractivity contribution in [1.29, 1.82) is 0 Å². The molecule has 2 fully saturated rings. The average Bonchev–Trinajstić information content (AvgIpc) is 2.49. The molecule has 0 aliphatic carbocycles. The molecule has 0 aromatic rings. The maximum absolute atomic E-state index is 12.1. The summed E-state index contributed by atoms with van der Waals surface area (Å²) in [4.78, 5) is 25.7. The van der Waals surface area contributed by atoms with Gasteiger partial charge in [-0.05, 0) is 34.1 Å². The number of rotatable bonds is 0. The Hall–Kier alpha value is -1.26. The lowest BCUT2D eigenvalue weighted by molar-refractivity contribution is -0.148. The van der Waals surface area contributed by atoms with Crippen LogP contribution in [0.4, 0.5) is 4.79 Å². The molecule has 2 rings (SSSR count). The Morgan fingerprint density at radius 3 is 2.58 bits per heavy atom. The number of piperidine rings is 1. The lowest BCUT2D eigenvalue weighted by atomic mass is 9.63. The first-order valence-electron chi connectivity index (χ1n) is 6.73. The number of carbonyl (C=O) groups is 2. The summed E-state index contributed by atoms with van der Waals surface area (Å²) in [5.74, 6) is -0.140. The molecule has 0 aromatic heterocycles. The monoisotopic (exact) mass is 269 g/mol. The number of hydrogen-bond acceptors (Lipinski definition) is 4. The van der Waals surface area contributed by atoms with Crippen molar-refractivity contribution in [1.82, 2.24) is 4.90 Å². The van der Waals surface area contributed by atoms with Crippen LogP contribution in [0.15, 0.2) is 0 Å². The highest BCUT2D eigenvalue weighted by molar-refractivity contribution is 5.80. The van der Waals surface area contributed by atoms with Crippen LogP contribution in [0.2, 0.25) is 0 Å². The van der Waals surface area contributed by atoms with Crippen LogP contribution in [0.3, 0.4) is 0 Å². The first-order valence-corrected chi connectivity index (χ1v) is 6.73. The zero-order valence-corrected chi connectivity index (χ0v) is 12.4. The largest absolute Gasteiger partial charge is 0.465 e. The van der Waals surface area contributed by atoms with Crippen LogP contribution in [0, 0.1) is 10.8 Å². The van der Waals surface area contributed by atoms with E-state index in [1.807, 2.05) is 34.6 Å². The molecule has 1 amide bonds.